The number of nitrogens with zero attached hydrogens (tertiary/aromatic N) is 1. The number of ether oxygens (including phenoxy) is 1. The van der Waals surface area contributed by atoms with E-state index in [2.05, 4.69) is 11.3 Å². The van der Waals surface area contributed by atoms with Gasteiger partial charge < -0.3 is 4.74 Å². The van der Waals surface area contributed by atoms with E-state index in [4.69, 9.17) is 5.26 Å². The minimum Gasteiger partial charge on any atom is -0.435 e. The molecule has 62 valence electrons. The first-order valence-corrected chi connectivity index (χ1v) is 3.34. The van der Waals surface area contributed by atoms with Crippen molar-refractivity contribution in [3.8, 4) is 6.07 Å². The second-order valence-electron chi connectivity index (χ2n) is 1.63. The fourth-order valence-corrected chi connectivity index (χ4v) is 0.356. The van der Waals surface area contributed by atoms with Crippen LogP contribution in [0.5, 0.6) is 0 Å². The Morgan fingerprint density at radius 1 is 1.82 bits per heavy atom. The number of carbonyl (C=O) groups is 1. The third kappa shape index (κ3) is 17.7. The van der Waals surface area contributed by atoms with E-state index in [1.54, 1.807) is 6.07 Å². The van der Waals surface area contributed by atoms with Crippen molar-refractivity contribution in [1.82, 2.24) is 0 Å². The van der Waals surface area contributed by atoms with E-state index in [-0.39, 0.29) is 5.97 Å². The molecule has 0 radical (unpaired) electrons. The highest BCUT2D eigenvalue weighted by atomic mass is 16.5. The second-order valence-corrected chi connectivity index (χ2v) is 1.63. The van der Waals surface area contributed by atoms with Gasteiger partial charge in [-0.15, -0.1) is 0 Å². The zero-order valence-electron chi connectivity index (χ0n) is 6.96. The monoisotopic (exact) mass is 155 g/mol. The van der Waals surface area contributed by atoms with Crippen molar-refractivity contribution >= 4 is 5.97 Å². The van der Waals surface area contributed by atoms with Gasteiger partial charge in [-0.1, -0.05) is 13.5 Å². The van der Waals surface area contributed by atoms with Gasteiger partial charge in [-0.3, -0.25) is 4.79 Å². The molecule has 0 unspecified atom stereocenters. The minimum atomic E-state index is -0.206. The van der Waals surface area contributed by atoms with Crippen LogP contribution in [0.15, 0.2) is 12.8 Å². The van der Waals surface area contributed by atoms with Crippen LogP contribution >= 0.6 is 0 Å². The zero-order valence-corrected chi connectivity index (χ0v) is 6.96. The van der Waals surface area contributed by atoms with E-state index in [1.165, 1.54) is 6.92 Å². The topological polar surface area (TPSA) is 50.1 Å². The normalized spacial score (nSPS) is 6.64. The van der Waals surface area contributed by atoms with Gasteiger partial charge in [0, 0.05) is 13.3 Å². The lowest BCUT2D eigenvalue weighted by Gasteiger charge is -1.92. The first kappa shape index (κ1) is 12.4. The van der Waals surface area contributed by atoms with Gasteiger partial charge in [-0.05, 0) is 6.42 Å². The van der Waals surface area contributed by atoms with Crippen molar-refractivity contribution in [3.63, 3.8) is 0 Å². The van der Waals surface area contributed by atoms with Crippen LogP contribution in [-0.4, -0.2) is 5.97 Å². The zero-order chi connectivity index (χ0) is 9.11. The lowest BCUT2D eigenvalue weighted by molar-refractivity contribution is -0.137. The van der Waals surface area contributed by atoms with E-state index in [0.717, 1.165) is 12.7 Å². The Kier molecular flexibility index (Phi) is 12.9. The molecule has 0 aromatic heterocycles. The van der Waals surface area contributed by atoms with Gasteiger partial charge in [0.05, 0.1) is 12.3 Å². The first-order valence-electron chi connectivity index (χ1n) is 3.34. The van der Waals surface area contributed by atoms with Crippen molar-refractivity contribution in [2.45, 2.75) is 26.7 Å². The summed E-state index contributed by atoms with van der Waals surface area (Å²) in [7, 11) is 0. The Morgan fingerprint density at radius 2 is 2.27 bits per heavy atom. The van der Waals surface area contributed by atoms with Crippen LogP contribution in [0.3, 0.4) is 0 Å². The molecule has 0 atom stereocenters. The van der Waals surface area contributed by atoms with E-state index in [0.29, 0.717) is 6.42 Å². The molecule has 0 aliphatic heterocycles. The molecule has 0 N–H and O–H groups in total. The quantitative estimate of drug-likeness (QED) is 0.462. The third-order valence-corrected chi connectivity index (χ3v) is 0.669. The molecule has 3 nitrogen and oxygen atoms in total. The molecule has 0 saturated heterocycles. The van der Waals surface area contributed by atoms with Crippen LogP contribution in [0.25, 0.3) is 0 Å². The lowest BCUT2D eigenvalue weighted by atomic mass is 10.3. The first-order chi connectivity index (χ1) is 5.22. The average molecular weight is 155 g/mol. The van der Waals surface area contributed by atoms with Gasteiger partial charge in [0.15, 0.2) is 0 Å². The Morgan fingerprint density at radius 3 is 2.55 bits per heavy atom. The van der Waals surface area contributed by atoms with Crippen molar-refractivity contribution in [2.24, 2.45) is 0 Å². The van der Waals surface area contributed by atoms with Crippen molar-refractivity contribution in [2.75, 3.05) is 0 Å². The summed E-state index contributed by atoms with van der Waals surface area (Å²) in [6.07, 6.45) is 2.46. The molecule has 0 aromatic carbocycles. The standard InChI is InChI=1S/C6H10O2.C2H3N/c1-3-5-6(7)8-4-2;1-2-3/h4H,2-3,5H2,1H3;1H3. The molecule has 0 aliphatic rings. The minimum absolute atomic E-state index is 0.206. The highest BCUT2D eigenvalue weighted by Crippen LogP contribution is 1.89. The van der Waals surface area contributed by atoms with Crippen molar-refractivity contribution in [3.05, 3.63) is 12.8 Å². The van der Waals surface area contributed by atoms with Crippen LogP contribution < -0.4 is 0 Å². The van der Waals surface area contributed by atoms with Gasteiger partial charge >= 0.3 is 5.97 Å². The third-order valence-electron chi connectivity index (χ3n) is 0.669. The number of hydrogen-bond donors (Lipinski definition) is 0. The van der Waals surface area contributed by atoms with E-state index >= 15 is 0 Å². The predicted molar refractivity (Wildman–Crippen MR) is 42.5 cm³/mol. The van der Waals surface area contributed by atoms with Crippen LogP contribution in [0.2, 0.25) is 0 Å². The Labute approximate surface area is 67.3 Å². The molecule has 0 bridgehead atoms. The van der Waals surface area contributed by atoms with Crippen molar-refractivity contribution < 1.29 is 9.53 Å². The summed E-state index contributed by atoms with van der Waals surface area (Å²) in [5.41, 5.74) is 0. The number of hydrogen-bond acceptors (Lipinski definition) is 3. The number of carbonyl (C=O) groups excluding carboxylic acids is 1. The Hall–Kier alpha value is -1.30. The highest BCUT2D eigenvalue weighted by Gasteiger charge is 1.94. The molecule has 0 fully saturated rings. The largest absolute Gasteiger partial charge is 0.435 e. The lowest BCUT2D eigenvalue weighted by Crippen LogP contribution is -1.96. The summed E-state index contributed by atoms with van der Waals surface area (Å²) >= 11 is 0. The van der Waals surface area contributed by atoms with E-state index in [9.17, 15) is 4.79 Å². The molecular weight excluding hydrogens is 142 g/mol. The van der Waals surface area contributed by atoms with Gasteiger partial charge in [-0.25, -0.2) is 0 Å². The maximum absolute atomic E-state index is 10.3. The Bertz CT molecular complexity index is 147. The van der Waals surface area contributed by atoms with Gasteiger partial charge in [-0.2, -0.15) is 5.26 Å². The van der Waals surface area contributed by atoms with Crippen molar-refractivity contribution in [1.29, 1.82) is 5.26 Å². The number of esters is 1. The molecule has 11 heavy (non-hydrogen) atoms. The molecule has 0 saturated carbocycles. The second kappa shape index (κ2) is 11.5. The number of nitriles is 1. The van der Waals surface area contributed by atoms with E-state index in [1.807, 2.05) is 6.92 Å². The van der Waals surface area contributed by atoms with Crippen LogP contribution in [-0.2, 0) is 9.53 Å². The highest BCUT2D eigenvalue weighted by molar-refractivity contribution is 5.69. The maximum Gasteiger partial charge on any atom is 0.310 e. The fourth-order valence-electron chi connectivity index (χ4n) is 0.356. The molecule has 0 rings (SSSR count). The van der Waals surface area contributed by atoms with Gasteiger partial charge in [0.1, 0.15) is 0 Å². The molecular formula is C8H13NO2. The van der Waals surface area contributed by atoms with Gasteiger partial charge in [0.2, 0.25) is 0 Å². The number of rotatable bonds is 3. The summed E-state index contributed by atoms with van der Waals surface area (Å²) in [5, 5.41) is 7.32. The summed E-state index contributed by atoms with van der Waals surface area (Å²) in [5.74, 6) is -0.206. The summed E-state index contributed by atoms with van der Waals surface area (Å²) < 4.78 is 4.41. The fraction of sp³-hybridized carbons (Fsp3) is 0.500. The molecule has 0 aliphatic carbocycles. The van der Waals surface area contributed by atoms with Crippen LogP contribution in [0, 0.1) is 11.3 Å². The molecule has 0 amide bonds. The van der Waals surface area contributed by atoms with Gasteiger partial charge in [0.25, 0.3) is 0 Å². The molecule has 0 heterocycles. The molecule has 3 heteroatoms. The Balaban J connectivity index is 0. The SMILES string of the molecule is C=COC(=O)CCC.CC#N. The van der Waals surface area contributed by atoms with E-state index < -0.39 is 0 Å². The maximum atomic E-state index is 10.3. The van der Waals surface area contributed by atoms with Crippen LogP contribution in [0.1, 0.15) is 26.7 Å². The smallest absolute Gasteiger partial charge is 0.310 e. The average Bonchev–Trinajstić information content (AvgIpc) is 1.90. The summed E-state index contributed by atoms with van der Waals surface area (Å²) in [6, 6.07) is 1.75. The molecule has 0 spiro atoms. The summed E-state index contributed by atoms with van der Waals surface area (Å²) in [6.45, 7) is 6.59. The molecule has 0 aromatic rings. The van der Waals surface area contributed by atoms with Crippen LogP contribution in [0.4, 0.5) is 0 Å². The summed E-state index contributed by atoms with van der Waals surface area (Å²) in [4.78, 5) is 10.3. The predicted octanol–water partition coefficient (Wildman–Crippen LogP) is 2.00.